The first-order chi connectivity index (χ1) is 28.5. The first kappa shape index (κ1) is 34.2. The number of aromatic nitrogens is 1. The van der Waals surface area contributed by atoms with Crippen LogP contribution in [0, 0.1) is 0 Å². The van der Waals surface area contributed by atoms with Crippen LogP contribution in [0.2, 0.25) is 0 Å². The fraction of sp³-hybridized carbons (Fsp3) is 0.250. The minimum Gasteiger partial charge on any atom is -0.310 e. The van der Waals surface area contributed by atoms with Gasteiger partial charge in [-0.05, 0) is 142 Å². The Morgan fingerprint density at radius 3 is 1.83 bits per heavy atom. The molecule has 8 aromatic rings. The quantitative estimate of drug-likeness (QED) is 0.170. The largest absolute Gasteiger partial charge is 0.310 e. The molecule has 0 N–H and O–H groups in total. The third-order valence-electron chi connectivity index (χ3n) is 14.9. The summed E-state index contributed by atoms with van der Waals surface area (Å²) in [5, 5.41) is 2.62. The summed E-state index contributed by atoms with van der Waals surface area (Å²) in [6, 6.07) is 58.5. The van der Waals surface area contributed by atoms with Gasteiger partial charge >= 0.3 is 0 Å². The third-order valence-corrected chi connectivity index (χ3v) is 14.9. The van der Waals surface area contributed by atoms with Crippen LogP contribution in [-0.2, 0) is 10.8 Å². The van der Waals surface area contributed by atoms with Crippen LogP contribution in [0.25, 0.3) is 49.7 Å². The molecule has 12 rings (SSSR count). The topological polar surface area (TPSA) is 8.17 Å². The highest BCUT2D eigenvalue weighted by Crippen LogP contribution is 2.58. The van der Waals surface area contributed by atoms with E-state index in [0.29, 0.717) is 5.92 Å². The average Bonchev–Trinajstić information content (AvgIpc) is 4.02. The van der Waals surface area contributed by atoms with Crippen molar-refractivity contribution in [3.05, 3.63) is 179 Å². The van der Waals surface area contributed by atoms with Gasteiger partial charge in [-0.1, -0.05) is 137 Å². The molecule has 0 amide bonds. The minimum absolute atomic E-state index is 0.0931. The maximum atomic E-state index is 2.57. The Hall–Kier alpha value is -5.86. The van der Waals surface area contributed by atoms with Crippen molar-refractivity contribution in [3.8, 4) is 27.9 Å². The van der Waals surface area contributed by atoms with Gasteiger partial charge in [0, 0.05) is 44.4 Å². The predicted molar refractivity (Wildman–Crippen MR) is 244 cm³/mol. The summed E-state index contributed by atoms with van der Waals surface area (Å²) in [7, 11) is 0. The minimum atomic E-state index is -0.0931. The zero-order valence-electron chi connectivity index (χ0n) is 33.8. The average molecular weight is 751 g/mol. The van der Waals surface area contributed by atoms with Gasteiger partial charge in [-0.15, -0.1) is 0 Å². The molecular formula is C56H50N2. The van der Waals surface area contributed by atoms with Crippen LogP contribution in [-0.4, -0.2) is 4.57 Å². The summed E-state index contributed by atoms with van der Waals surface area (Å²) in [6.07, 6.45) is 11.7. The van der Waals surface area contributed by atoms with Gasteiger partial charge in [0.15, 0.2) is 0 Å². The van der Waals surface area contributed by atoms with Gasteiger partial charge in [0.25, 0.3) is 0 Å². The lowest BCUT2D eigenvalue weighted by molar-refractivity contribution is 0.444. The molecule has 2 nitrogen and oxygen atoms in total. The molecule has 1 spiro atoms. The maximum Gasteiger partial charge on any atom is 0.0543 e. The molecule has 4 aliphatic carbocycles. The molecule has 0 saturated heterocycles. The van der Waals surface area contributed by atoms with E-state index in [0.717, 1.165) is 0 Å². The van der Waals surface area contributed by atoms with Crippen LogP contribution in [0.1, 0.15) is 105 Å². The van der Waals surface area contributed by atoms with Gasteiger partial charge in [0.05, 0.1) is 11.0 Å². The Morgan fingerprint density at radius 2 is 1.07 bits per heavy atom. The number of hydrogen-bond acceptors (Lipinski definition) is 1. The number of anilines is 3. The molecule has 0 unspecified atom stereocenters. The highest BCUT2D eigenvalue weighted by Gasteiger charge is 2.45. The molecule has 284 valence electrons. The van der Waals surface area contributed by atoms with Crippen molar-refractivity contribution in [3.63, 3.8) is 0 Å². The molecule has 0 bridgehead atoms. The molecule has 0 radical (unpaired) electrons. The molecule has 0 atom stereocenters. The summed E-state index contributed by atoms with van der Waals surface area (Å²) in [6.45, 7) is 4.79. The summed E-state index contributed by atoms with van der Waals surface area (Å²) in [5.41, 5.74) is 20.3. The molecule has 2 fully saturated rings. The predicted octanol–water partition coefficient (Wildman–Crippen LogP) is 15.4. The molecule has 7 aromatic carbocycles. The normalized spacial score (nSPS) is 17.4. The smallest absolute Gasteiger partial charge is 0.0543 e. The summed E-state index contributed by atoms with van der Waals surface area (Å²) in [5.74, 6) is 0.649. The maximum absolute atomic E-state index is 2.57. The van der Waals surface area contributed by atoms with Crippen LogP contribution in [0.5, 0.6) is 0 Å². The summed E-state index contributed by atoms with van der Waals surface area (Å²) < 4.78 is 2.51. The van der Waals surface area contributed by atoms with E-state index in [4.69, 9.17) is 0 Å². The molecule has 0 aliphatic heterocycles. The van der Waals surface area contributed by atoms with Crippen LogP contribution in [0.4, 0.5) is 17.1 Å². The first-order valence-electron chi connectivity index (χ1n) is 21.9. The van der Waals surface area contributed by atoms with Crippen LogP contribution in [0.15, 0.2) is 152 Å². The first-order valence-corrected chi connectivity index (χ1v) is 21.9. The monoisotopic (exact) mass is 750 g/mol. The van der Waals surface area contributed by atoms with Crippen molar-refractivity contribution < 1.29 is 0 Å². The van der Waals surface area contributed by atoms with E-state index in [1.54, 1.807) is 0 Å². The highest BCUT2D eigenvalue weighted by atomic mass is 15.1. The van der Waals surface area contributed by atoms with Crippen LogP contribution in [0.3, 0.4) is 0 Å². The number of nitrogens with zero attached hydrogens (tertiary/aromatic N) is 2. The molecule has 2 saturated carbocycles. The fourth-order valence-corrected chi connectivity index (χ4v) is 12.1. The lowest BCUT2D eigenvalue weighted by atomic mass is 9.76. The molecular weight excluding hydrogens is 701 g/mol. The zero-order chi connectivity index (χ0) is 38.6. The fourth-order valence-electron chi connectivity index (χ4n) is 12.1. The zero-order valence-corrected chi connectivity index (χ0v) is 33.8. The van der Waals surface area contributed by atoms with E-state index in [1.165, 1.54) is 152 Å². The van der Waals surface area contributed by atoms with Gasteiger partial charge in [0.2, 0.25) is 0 Å². The third kappa shape index (κ3) is 4.90. The Labute approximate surface area is 342 Å². The summed E-state index contributed by atoms with van der Waals surface area (Å²) in [4.78, 5) is 2.56. The number of para-hydroxylation sites is 1. The van der Waals surface area contributed by atoms with Crippen molar-refractivity contribution in [1.82, 2.24) is 4.57 Å². The van der Waals surface area contributed by atoms with Gasteiger partial charge in [-0.2, -0.15) is 0 Å². The van der Waals surface area contributed by atoms with E-state index in [2.05, 4.69) is 175 Å². The van der Waals surface area contributed by atoms with Gasteiger partial charge in [-0.3, -0.25) is 0 Å². The molecule has 1 aromatic heterocycles. The van der Waals surface area contributed by atoms with E-state index in [1.807, 2.05) is 0 Å². The second-order valence-electron chi connectivity index (χ2n) is 18.3. The second-order valence-corrected chi connectivity index (χ2v) is 18.3. The number of benzene rings is 7. The number of fused-ring (bicyclic) bond motifs is 11. The standard InChI is InChI=1S/C56H50N2/c1-55(2)49-21-11-9-19-43(49)45-28-24-41(35-51(45)55)57(42-25-29-46-44-20-10-12-22-50(44)56(52(46)36-42)31-13-14-32-56)40-26-30-53-48(34-40)47-27-23-38(37-15-5-3-6-16-37)33-54(47)58(53)39-17-7-4-8-18-39/h4,7-12,17-30,33-37H,3,5-6,13-16,31-32H2,1-2H3. The van der Waals surface area contributed by atoms with Gasteiger partial charge in [-0.25, -0.2) is 0 Å². The summed E-state index contributed by atoms with van der Waals surface area (Å²) >= 11 is 0. The SMILES string of the molecule is CC1(C)c2ccccc2-c2ccc(N(c3ccc4c(c3)C3(CCCC3)c3ccccc3-4)c3ccc4c(c3)c3ccc(C5CCCCC5)cc3n4-c3ccccc3)cc21. The number of hydrogen-bond donors (Lipinski definition) is 0. The second kappa shape index (κ2) is 12.8. The van der Waals surface area contributed by atoms with Crippen LogP contribution >= 0.6 is 0 Å². The molecule has 4 aliphatic rings. The van der Waals surface area contributed by atoms with Gasteiger partial charge < -0.3 is 9.47 Å². The highest BCUT2D eigenvalue weighted by molar-refractivity contribution is 6.11. The Morgan fingerprint density at radius 1 is 0.466 bits per heavy atom. The van der Waals surface area contributed by atoms with E-state index >= 15 is 0 Å². The van der Waals surface area contributed by atoms with Crippen molar-refractivity contribution >= 4 is 38.9 Å². The lowest BCUT2D eigenvalue weighted by Crippen LogP contribution is -2.21. The van der Waals surface area contributed by atoms with E-state index in [9.17, 15) is 0 Å². The van der Waals surface area contributed by atoms with Crippen molar-refractivity contribution in [2.45, 2.75) is 88.4 Å². The van der Waals surface area contributed by atoms with Crippen molar-refractivity contribution in [2.75, 3.05) is 4.90 Å². The van der Waals surface area contributed by atoms with Crippen molar-refractivity contribution in [1.29, 1.82) is 0 Å². The Bertz CT molecular complexity index is 2910. The van der Waals surface area contributed by atoms with E-state index in [-0.39, 0.29) is 10.8 Å². The Kier molecular flexibility index (Phi) is 7.56. The number of rotatable bonds is 5. The van der Waals surface area contributed by atoms with E-state index < -0.39 is 0 Å². The molecule has 2 heteroatoms. The molecule has 58 heavy (non-hydrogen) atoms. The van der Waals surface area contributed by atoms with Gasteiger partial charge in [0.1, 0.15) is 0 Å². The Balaban J connectivity index is 1.08. The van der Waals surface area contributed by atoms with Crippen molar-refractivity contribution in [2.24, 2.45) is 0 Å². The van der Waals surface area contributed by atoms with Crippen LogP contribution < -0.4 is 4.90 Å². The lowest BCUT2D eigenvalue weighted by Gasteiger charge is -2.31. The molecule has 1 heterocycles.